The molecule has 100 valence electrons. The first-order valence-corrected chi connectivity index (χ1v) is 6.48. The Labute approximate surface area is 114 Å². The molecule has 1 fully saturated rings. The summed E-state index contributed by atoms with van der Waals surface area (Å²) in [5, 5.41) is 11.2. The monoisotopic (exact) mass is 283 g/mol. The molecule has 1 saturated heterocycles. The standard InChI is InChI=1S/C13H12ClF2N3/c14-9-3-1-2-8(13(9)16)10-5-12(19-18-10)11-4-7(15)6-17-11/h1-3,7,11,17H,4-6H2/t7-,11-/m1/s1. The maximum Gasteiger partial charge on any atom is 0.150 e. The molecule has 0 saturated carbocycles. The first kappa shape index (κ1) is 12.7. The number of nitrogens with one attached hydrogen (secondary N) is 1. The molecule has 2 heterocycles. The summed E-state index contributed by atoms with van der Waals surface area (Å²) >= 11 is 5.75. The Morgan fingerprint density at radius 2 is 2.16 bits per heavy atom. The van der Waals surface area contributed by atoms with Crippen molar-refractivity contribution in [2.24, 2.45) is 10.2 Å². The molecule has 0 spiro atoms. The van der Waals surface area contributed by atoms with Crippen molar-refractivity contribution in [3.8, 4) is 0 Å². The van der Waals surface area contributed by atoms with Gasteiger partial charge < -0.3 is 5.32 Å². The van der Waals surface area contributed by atoms with Gasteiger partial charge in [0.05, 0.1) is 22.5 Å². The lowest BCUT2D eigenvalue weighted by Crippen LogP contribution is -2.30. The third-order valence-corrected chi connectivity index (χ3v) is 3.68. The van der Waals surface area contributed by atoms with Crippen molar-refractivity contribution < 1.29 is 8.78 Å². The second-order valence-electron chi connectivity index (χ2n) is 4.71. The zero-order valence-electron chi connectivity index (χ0n) is 10.0. The lowest BCUT2D eigenvalue weighted by Gasteiger charge is -2.09. The van der Waals surface area contributed by atoms with Gasteiger partial charge >= 0.3 is 0 Å². The van der Waals surface area contributed by atoms with Crippen molar-refractivity contribution in [2.45, 2.75) is 25.1 Å². The summed E-state index contributed by atoms with van der Waals surface area (Å²) in [6, 6.07) is 4.69. The minimum Gasteiger partial charge on any atom is -0.306 e. The molecule has 0 unspecified atom stereocenters. The number of rotatable bonds is 2. The van der Waals surface area contributed by atoms with Crippen molar-refractivity contribution in [1.82, 2.24) is 5.32 Å². The van der Waals surface area contributed by atoms with Crippen LogP contribution < -0.4 is 5.32 Å². The van der Waals surface area contributed by atoms with E-state index >= 15 is 0 Å². The van der Waals surface area contributed by atoms with E-state index in [4.69, 9.17) is 11.6 Å². The van der Waals surface area contributed by atoms with E-state index in [2.05, 4.69) is 15.5 Å². The van der Waals surface area contributed by atoms with Crippen molar-refractivity contribution >= 4 is 23.0 Å². The van der Waals surface area contributed by atoms with Crippen LogP contribution in [-0.4, -0.2) is 30.2 Å². The highest BCUT2D eigenvalue weighted by Crippen LogP contribution is 2.23. The average Bonchev–Trinajstić information content (AvgIpc) is 3.01. The zero-order valence-corrected chi connectivity index (χ0v) is 10.8. The number of nitrogens with zero attached hydrogens (tertiary/aromatic N) is 2. The maximum absolute atomic E-state index is 13.9. The molecule has 6 heteroatoms. The van der Waals surface area contributed by atoms with Gasteiger partial charge in [-0.05, 0) is 6.07 Å². The highest BCUT2D eigenvalue weighted by molar-refractivity contribution is 6.31. The van der Waals surface area contributed by atoms with Gasteiger partial charge in [-0.25, -0.2) is 8.78 Å². The molecular weight excluding hydrogens is 272 g/mol. The molecule has 2 aliphatic heterocycles. The number of halogens is 3. The fourth-order valence-corrected chi connectivity index (χ4v) is 2.56. The Bertz CT molecular complexity index is 571. The van der Waals surface area contributed by atoms with E-state index < -0.39 is 12.0 Å². The van der Waals surface area contributed by atoms with Gasteiger partial charge in [-0.15, -0.1) is 0 Å². The summed E-state index contributed by atoms with van der Waals surface area (Å²) in [4.78, 5) is 0. The van der Waals surface area contributed by atoms with Crippen molar-refractivity contribution in [1.29, 1.82) is 0 Å². The molecule has 0 bridgehead atoms. The highest BCUT2D eigenvalue weighted by Gasteiger charge is 2.31. The van der Waals surface area contributed by atoms with Gasteiger partial charge in [0.2, 0.25) is 0 Å². The number of benzene rings is 1. The quantitative estimate of drug-likeness (QED) is 0.890. The summed E-state index contributed by atoms with van der Waals surface area (Å²) in [6.07, 6.45) is -0.0129. The molecule has 0 aliphatic carbocycles. The third-order valence-electron chi connectivity index (χ3n) is 3.39. The lowest BCUT2D eigenvalue weighted by molar-refractivity contribution is 0.359. The molecule has 1 aromatic carbocycles. The summed E-state index contributed by atoms with van der Waals surface area (Å²) in [5.74, 6) is -0.484. The van der Waals surface area contributed by atoms with E-state index in [9.17, 15) is 8.78 Å². The number of hydrogen-bond donors (Lipinski definition) is 1. The second kappa shape index (κ2) is 4.98. The molecule has 3 rings (SSSR count). The van der Waals surface area contributed by atoms with Gasteiger partial charge in [0, 0.05) is 24.9 Å². The van der Waals surface area contributed by atoms with Crippen LogP contribution in [-0.2, 0) is 0 Å². The maximum atomic E-state index is 13.9. The Morgan fingerprint density at radius 1 is 1.32 bits per heavy atom. The van der Waals surface area contributed by atoms with Gasteiger partial charge in [0.15, 0.2) is 5.82 Å². The van der Waals surface area contributed by atoms with Crippen molar-refractivity contribution in [3.63, 3.8) is 0 Å². The predicted molar refractivity (Wildman–Crippen MR) is 71.3 cm³/mol. The molecule has 2 aliphatic rings. The fraction of sp³-hybridized carbons (Fsp3) is 0.385. The predicted octanol–water partition coefficient (Wildman–Crippen LogP) is 2.73. The molecule has 1 aromatic rings. The normalized spacial score (nSPS) is 26.5. The van der Waals surface area contributed by atoms with E-state index in [1.807, 2.05) is 0 Å². The smallest absolute Gasteiger partial charge is 0.150 e. The third kappa shape index (κ3) is 2.40. The molecular formula is C13H12ClF2N3. The minimum absolute atomic E-state index is 0.0662. The van der Waals surface area contributed by atoms with Gasteiger partial charge in [0.1, 0.15) is 6.17 Å². The molecule has 1 N–H and O–H groups in total. The van der Waals surface area contributed by atoms with Crippen LogP contribution in [0.5, 0.6) is 0 Å². The lowest BCUT2D eigenvalue weighted by atomic mass is 10.00. The van der Waals surface area contributed by atoms with E-state index in [1.165, 1.54) is 6.07 Å². The minimum atomic E-state index is -0.848. The largest absolute Gasteiger partial charge is 0.306 e. The Balaban J connectivity index is 1.75. The summed E-state index contributed by atoms with van der Waals surface area (Å²) in [6.45, 7) is 0.338. The van der Waals surface area contributed by atoms with Crippen LogP contribution in [0.2, 0.25) is 5.02 Å². The Morgan fingerprint density at radius 3 is 2.89 bits per heavy atom. The first-order valence-electron chi connectivity index (χ1n) is 6.10. The molecule has 0 aromatic heterocycles. The van der Waals surface area contributed by atoms with Crippen molar-refractivity contribution in [2.75, 3.05) is 6.54 Å². The van der Waals surface area contributed by atoms with Gasteiger partial charge in [-0.1, -0.05) is 23.7 Å². The number of alkyl halides is 1. The molecule has 19 heavy (non-hydrogen) atoms. The van der Waals surface area contributed by atoms with Crippen LogP contribution in [0.15, 0.2) is 28.4 Å². The van der Waals surface area contributed by atoms with Crippen LogP contribution >= 0.6 is 11.6 Å². The van der Waals surface area contributed by atoms with Gasteiger partial charge in [-0.3, -0.25) is 0 Å². The SMILES string of the molecule is Fc1c(Cl)cccc1C1=NN=C([C@H]2C[C@@H](F)CN2)C1. The fourth-order valence-electron chi connectivity index (χ4n) is 2.38. The van der Waals surface area contributed by atoms with Crippen LogP contribution in [0, 0.1) is 5.82 Å². The molecule has 3 nitrogen and oxygen atoms in total. The average molecular weight is 284 g/mol. The zero-order chi connectivity index (χ0) is 13.4. The van der Waals surface area contributed by atoms with Crippen LogP contribution in [0.4, 0.5) is 8.78 Å². The summed E-state index contributed by atoms with van der Waals surface area (Å²) < 4.78 is 27.0. The van der Waals surface area contributed by atoms with Crippen LogP contribution in [0.1, 0.15) is 18.4 Å². The van der Waals surface area contributed by atoms with E-state index in [0.717, 1.165) is 5.71 Å². The first-order chi connectivity index (χ1) is 9.15. The Hall–Kier alpha value is -1.33. The van der Waals surface area contributed by atoms with Crippen LogP contribution in [0.3, 0.4) is 0 Å². The topological polar surface area (TPSA) is 36.8 Å². The number of hydrogen-bond acceptors (Lipinski definition) is 3. The molecule has 0 radical (unpaired) electrons. The molecule has 0 amide bonds. The van der Waals surface area contributed by atoms with Crippen molar-refractivity contribution in [3.05, 3.63) is 34.6 Å². The Kier molecular flexibility index (Phi) is 3.33. The molecule has 2 atom stereocenters. The van der Waals surface area contributed by atoms with E-state index in [0.29, 0.717) is 30.7 Å². The van der Waals surface area contributed by atoms with Gasteiger partial charge in [0.25, 0.3) is 0 Å². The van der Waals surface area contributed by atoms with Crippen LogP contribution in [0.25, 0.3) is 0 Å². The second-order valence-corrected chi connectivity index (χ2v) is 5.12. The summed E-state index contributed by atoms with van der Waals surface area (Å²) in [5.41, 5.74) is 1.66. The van der Waals surface area contributed by atoms with E-state index in [1.54, 1.807) is 12.1 Å². The van der Waals surface area contributed by atoms with Gasteiger partial charge in [-0.2, -0.15) is 10.2 Å². The van der Waals surface area contributed by atoms with E-state index in [-0.39, 0.29) is 11.1 Å². The highest BCUT2D eigenvalue weighted by atomic mass is 35.5. The summed E-state index contributed by atoms with van der Waals surface area (Å²) in [7, 11) is 0.